The van der Waals surface area contributed by atoms with Gasteiger partial charge in [0.25, 0.3) is 11.6 Å². The number of benzene rings is 1. The molecule has 2 aliphatic heterocycles. The van der Waals surface area contributed by atoms with Gasteiger partial charge in [-0.3, -0.25) is 24.7 Å². The zero-order chi connectivity index (χ0) is 19.4. The third kappa shape index (κ3) is 5.01. The molecule has 0 saturated carbocycles. The van der Waals surface area contributed by atoms with Crippen molar-refractivity contribution in [1.29, 1.82) is 0 Å². The maximum Gasteiger partial charge on any atom is 0.269 e. The fourth-order valence-corrected chi connectivity index (χ4v) is 3.57. The summed E-state index contributed by atoms with van der Waals surface area (Å²) in [7, 11) is 4.19. The summed E-state index contributed by atoms with van der Waals surface area (Å²) in [5.74, 6) is -0.0713. The van der Waals surface area contributed by atoms with Crippen molar-refractivity contribution in [3.63, 3.8) is 0 Å². The molecular formula is C18H28N6O3. The second-order valence-electron chi connectivity index (χ2n) is 7.35. The molecular weight excluding hydrogens is 348 g/mol. The molecule has 2 fully saturated rings. The number of non-ortho nitro benzene ring substituents is 1. The highest BCUT2D eigenvalue weighted by Gasteiger charge is 2.34. The van der Waals surface area contributed by atoms with E-state index in [9.17, 15) is 14.9 Å². The van der Waals surface area contributed by atoms with E-state index in [4.69, 9.17) is 0 Å². The monoisotopic (exact) mass is 376 g/mol. The lowest BCUT2D eigenvalue weighted by Crippen LogP contribution is -2.62. The standard InChI is InChI=1S/C18H28N6O3/c1-20-7-11-22(12-8-20)18(23-13-9-21(2)10-14-23)17(25)19-15-3-5-16(6-4-15)24(26)27/h3-6,18H,7-14H2,1-2H3,(H,19,25). The number of nitro benzene ring substituents is 1. The molecule has 0 atom stereocenters. The summed E-state index contributed by atoms with van der Waals surface area (Å²) in [4.78, 5) is 32.5. The molecule has 0 unspecified atom stereocenters. The molecule has 0 radical (unpaired) electrons. The number of nitrogens with zero attached hydrogens (tertiary/aromatic N) is 5. The van der Waals surface area contributed by atoms with Gasteiger partial charge in [0.15, 0.2) is 0 Å². The summed E-state index contributed by atoms with van der Waals surface area (Å²) in [6, 6.07) is 5.99. The van der Waals surface area contributed by atoms with E-state index < -0.39 is 4.92 Å². The highest BCUT2D eigenvalue weighted by molar-refractivity contribution is 5.94. The third-order valence-electron chi connectivity index (χ3n) is 5.35. The van der Waals surface area contributed by atoms with Crippen molar-refractivity contribution in [3.8, 4) is 0 Å². The third-order valence-corrected chi connectivity index (χ3v) is 5.35. The Morgan fingerprint density at radius 3 is 1.78 bits per heavy atom. The van der Waals surface area contributed by atoms with Crippen LogP contribution in [0, 0.1) is 10.1 Å². The Morgan fingerprint density at radius 2 is 1.37 bits per heavy atom. The number of carbonyl (C=O) groups excluding carboxylic acids is 1. The maximum atomic E-state index is 13.1. The first-order chi connectivity index (χ1) is 12.9. The molecule has 9 heteroatoms. The first-order valence-electron chi connectivity index (χ1n) is 9.34. The van der Waals surface area contributed by atoms with Crippen LogP contribution in [0.2, 0.25) is 0 Å². The van der Waals surface area contributed by atoms with Crippen molar-refractivity contribution in [2.75, 3.05) is 71.8 Å². The molecule has 27 heavy (non-hydrogen) atoms. The van der Waals surface area contributed by atoms with Crippen molar-refractivity contribution in [1.82, 2.24) is 19.6 Å². The lowest BCUT2D eigenvalue weighted by atomic mass is 10.2. The Hall–Kier alpha value is -2.07. The zero-order valence-electron chi connectivity index (χ0n) is 16.0. The minimum absolute atomic E-state index is 0.0164. The van der Waals surface area contributed by atoms with E-state index in [0.29, 0.717) is 5.69 Å². The molecule has 1 amide bonds. The van der Waals surface area contributed by atoms with Crippen LogP contribution in [-0.4, -0.2) is 103 Å². The molecule has 0 aliphatic carbocycles. The predicted molar refractivity (Wildman–Crippen MR) is 104 cm³/mol. The lowest BCUT2D eigenvalue weighted by Gasteiger charge is -2.44. The SMILES string of the molecule is CN1CCN(C(C(=O)Nc2ccc([N+](=O)[O-])cc2)N2CCN(C)CC2)CC1. The molecule has 148 valence electrons. The predicted octanol–water partition coefficient (Wildman–Crippen LogP) is 0.354. The van der Waals surface area contributed by atoms with Gasteiger partial charge in [0.05, 0.1) is 4.92 Å². The number of anilines is 1. The van der Waals surface area contributed by atoms with E-state index in [-0.39, 0.29) is 17.8 Å². The van der Waals surface area contributed by atoms with Gasteiger partial charge in [0.1, 0.15) is 6.17 Å². The summed E-state index contributed by atoms with van der Waals surface area (Å²) < 4.78 is 0. The van der Waals surface area contributed by atoms with Crippen LogP contribution in [0.4, 0.5) is 11.4 Å². The van der Waals surface area contributed by atoms with Crippen LogP contribution < -0.4 is 5.32 Å². The number of nitrogens with one attached hydrogen (secondary N) is 1. The number of hydrogen-bond donors (Lipinski definition) is 1. The van der Waals surface area contributed by atoms with Gasteiger partial charge >= 0.3 is 0 Å². The minimum Gasteiger partial charge on any atom is -0.324 e. The van der Waals surface area contributed by atoms with Crippen LogP contribution in [0.1, 0.15) is 0 Å². The molecule has 2 saturated heterocycles. The molecule has 2 aliphatic rings. The molecule has 0 aromatic heterocycles. The lowest BCUT2D eigenvalue weighted by molar-refractivity contribution is -0.384. The van der Waals surface area contributed by atoms with Crippen LogP contribution in [0.3, 0.4) is 0 Å². The van der Waals surface area contributed by atoms with E-state index in [1.165, 1.54) is 12.1 Å². The van der Waals surface area contributed by atoms with Gasteiger partial charge in [-0.05, 0) is 26.2 Å². The van der Waals surface area contributed by atoms with Crippen molar-refractivity contribution < 1.29 is 9.72 Å². The van der Waals surface area contributed by atoms with Gasteiger partial charge in [-0.1, -0.05) is 0 Å². The summed E-state index contributed by atoms with van der Waals surface area (Å²) in [5.41, 5.74) is 0.599. The second-order valence-corrected chi connectivity index (χ2v) is 7.35. The quantitative estimate of drug-likeness (QED) is 0.586. The molecule has 1 aromatic rings. The van der Waals surface area contributed by atoms with E-state index in [2.05, 4.69) is 39.0 Å². The fraction of sp³-hybridized carbons (Fsp3) is 0.611. The number of hydrogen-bond acceptors (Lipinski definition) is 7. The summed E-state index contributed by atoms with van der Waals surface area (Å²) >= 11 is 0. The van der Waals surface area contributed by atoms with Gasteiger partial charge < -0.3 is 15.1 Å². The second kappa shape index (κ2) is 8.75. The Morgan fingerprint density at radius 1 is 0.926 bits per heavy atom. The van der Waals surface area contributed by atoms with E-state index >= 15 is 0 Å². The Bertz CT molecular complexity index is 630. The normalized spacial score (nSPS) is 20.7. The number of likely N-dealkylation sites (N-methyl/N-ethyl adjacent to an activating group) is 2. The summed E-state index contributed by atoms with van der Waals surface area (Å²) in [6.07, 6.45) is -0.317. The first kappa shape index (κ1) is 19.7. The van der Waals surface area contributed by atoms with E-state index in [1.54, 1.807) is 12.1 Å². The Balaban J connectivity index is 1.72. The summed E-state index contributed by atoms with van der Waals surface area (Å²) in [5, 5.41) is 13.8. The van der Waals surface area contributed by atoms with Crippen LogP contribution in [0.15, 0.2) is 24.3 Å². The van der Waals surface area contributed by atoms with Gasteiger partial charge in [-0.25, -0.2) is 0 Å². The van der Waals surface area contributed by atoms with Crippen molar-refractivity contribution in [3.05, 3.63) is 34.4 Å². The van der Waals surface area contributed by atoms with Crippen LogP contribution in [-0.2, 0) is 4.79 Å². The van der Waals surface area contributed by atoms with E-state index in [0.717, 1.165) is 52.4 Å². The Kier molecular flexibility index (Phi) is 6.38. The summed E-state index contributed by atoms with van der Waals surface area (Å²) in [6.45, 7) is 7.15. The van der Waals surface area contributed by atoms with Gasteiger partial charge in [0, 0.05) is 70.2 Å². The first-order valence-corrected chi connectivity index (χ1v) is 9.34. The van der Waals surface area contributed by atoms with Gasteiger partial charge in [0.2, 0.25) is 0 Å². The van der Waals surface area contributed by atoms with Crippen LogP contribution in [0.25, 0.3) is 0 Å². The largest absolute Gasteiger partial charge is 0.324 e. The molecule has 2 heterocycles. The number of amides is 1. The molecule has 3 rings (SSSR count). The van der Waals surface area contributed by atoms with Crippen molar-refractivity contribution >= 4 is 17.3 Å². The average molecular weight is 376 g/mol. The van der Waals surface area contributed by atoms with Gasteiger partial charge in [-0.15, -0.1) is 0 Å². The van der Waals surface area contributed by atoms with Crippen LogP contribution >= 0.6 is 0 Å². The number of carbonyl (C=O) groups is 1. The van der Waals surface area contributed by atoms with Gasteiger partial charge in [-0.2, -0.15) is 0 Å². The topological polar surface area (TPSA) is 85.2 Å². The smallest absolute Gasteiger partial charge is 0.269 e. The molecule has 9 nitrogen and oxygen atoms in total. The number of piperazine rings is 2. The minimum atomic E-state index is -0.442. The zero-order valence-corrected chi connectivity index (χ0v) is 16.0. The highest BCUT2D eigenvalue weighted by atomic mass is 16.6. The maximum absolute atomic E-state index is 13.1. The van der Waals surface area contributed by atoms with Crippen LogP contribution in [0.5, 0.6) is 0 Å². The number of nitro groups is 1. The fourth-order valence-electron chi connectivity index (χ4n) is 3.57. The molecule has 1 N–H and O–H groups in total. The Labute approximate surface area is 159 Å². The average Bonchev–Trinajstić information content (AvgIpc) is 2.65. The number of rotatable bonds is 5. The molecule has 1 aromatic carbocycles. The molecule has 0 spiro atoms. The van der Waals surface area contributed by atoms with Crippen molar-refractivity contribution in [2.24, 2.45) is 0 Å². The van der Waals surface area contributed by atoms with Crippen molar-refractivity contribution in [2.45, 2.75) is 6.17 Å². The molecule has 0 bridgehead atoms. The van der Waals surface area contributed by atoms with E-state index in [1.807, 2.05) is 0 Å². The highest BCUT2D eigenvalue weighted by Crippen LogP contribution is 2.18.